The van der Waals surface area contributed by atoms with Crippen LogP contribution in [0.2, 0.25) is 0 Å². The fourth-order valence-electron chi connectivity index (χ4n) is 3.51. The van der Waals surface area contributed by atoms with Gasteiger partial charge in [-0.25, -0.2) is 0 Å². The second-order valence-electron chi connectivity index (χ2n) is 6.92. The first-order chi connectivity index (χ1) is 13.3. The molecule has 0 saturated carbocycles. The van der Waals surface area contributed by atoms with Gasteiger partial charge in [0.15, 0.2) is 5.01 Å². The monoisotopic (exact) mass is 380 g/mol. The second kappa shape index (κ2) is 8.48. The average Bonchev–Trinajstić information content (AvgIpc) is 3.24. The molecule has 140 valence electrons. The highest BCUT2D eigenvalue weighted by Gasteiger charge is 2.22. The van der Waals surface area contributed by atoms with E-state index in [1.54, 1.807) is 24.6 Å². The maximum atomic E-state index is 5.23. The Labute approximate surface area is 164 Å². The molecule has 0 N–H and O–H groups in total. The summed E-state index contributed by atoms with van der Waals surface area (Å²) in [5.41, 5.74) is 2.29. The van der Waals surface area contributed by atoms with Crippen molar-refractivity contribution in [3.05, 3.63) is 54.2 Å². The summed E-state index contributed by atoms with van der Waals surface area (Å²) in [6.07, 6.45) is 6.61. The summed E-state index contributed by atoms with van der Waals surface area (Å²) in [5, 5.41) is 10.6. The van der Waals surface area contributed by atoms with Crippen LogP contribution in [0.25, 0.3) is 10.7 Å². The first kappa shape index (κ1) is 17.9. The lowest BCUT2D eigenvalue weighted by Crippen LogP contribution is -2.33. The average molecular weight is 381 g/mol. The fourth-order valence-corrected chi connectivity index (χ4v) is 4.39. The van der Waals surface area contributed by atoms with Crippen LogP contribution in [-0.4, -0.2) is 35.4 Å². The van der Waals surface area contributed by atoms with Crippen LogP contribution >= 0.6 is 11.3 Å². The third-order valence-corrected chi connectivity index (χ3v) is 6.19. The molecule has 1 saturated heterocycles. The van der Waals surface area contributed by atoms with Crippen molar-refractivity contribution in [1.29, 1.82) is 0 Å². The van der Waals surface area contributed by atoms with Crippen molar-refractivity contribution in [1.82, 2.24) is 15.2 Å². The molecule has 3 heterocycles. The van der Waals surface area contributed by atoms with Gasteiger partial charge in [0.1, 0.15) is 11.4 Å². The molecule has 0 atom stereocenters. The first-order valence-corrected chi connectivity index (χ1v) is 10.3. The highest BCUT2D eigenvalue weighted by atomic mass is 32.1. The van der Waals surface area contributed by atoms with Crippen LogP contribution in [0.4, 0.5) is 5.13 Å². The lowest BCUT2D eigenvalue weighted by molar-refractivity contribution is 0.381. The number of hydrogen-bond donors (Lipinski definition) is 0. The lowest BCUT2D eigenvalue weighted by Gasteiger charge is -2.31. The predicted octanol–water partition coefficient (Wildman–Crippen LogP) is 4.46. The Bertz CT molecular complexity index is 842. The molecule has 0 aliphatic carbocycles. The largest absolute Gasteiger partial charge is 0.497 e. The van der Waals surface area contributed by atoms with E-state index in [0.29, 0.717) is 0 Å². The number of ether oxygens (including phenoxy) is 1. The number of methoxy groups -OCH3 is 1. The number of aromatic nitrogens is 3. The highest BCUT2D eigenvalue weighted by Crippen LogP contribution is 2.31. The van der Waals surface area contributed by atoms with Crippen molar-refractivity contribution in [2.24, 2.45) is 5.92 Å². The Kier molecular flexibility index (Phi) is 5.63. The molecule has 0 unspecified atom stereocenters. The van der Waals surface area contributed by atoms with Crippen molar-refractivity contribution >= 4 is 16.5 Å². The Balaban J connectivity index is 1.28. The minimum atomic E-state index is 0.784. The van der Waals surface area contributed by atoms with Crippen molar-refractivity contribution in [2.75, 3.05) is 25.1 Å². The van der Waals surface area contributed by atoms with Gasteiger partial charge in [0, 0.05) is 19.3 Å². The maximum absolute atomic E-state index is 5.23. The molecule has 1 fully saturated rings. The van der Waals surface area contributed by atoms with Gasteiger partial charge >= 0.3 is 0 Å². The molecular formula is C21H24N4OS. The molecule has 3 aromatic rings. The molecule has 0 amide bonds. The molecule has 1 aliphatic rings. The fraction of sp³-hybridized carbons (Fsp3) is 0.381. The normalized spacial score (nSPS) is 15.1. The van der Waals surface area contributed by atoms with Crippen LogP contribution < -0.4 is 9.64 Å². The molecule has 0 radical (unpaired) electrons. The van der Waals surface area contributed by atoms with Crippen LogP contribution in [0.1, 0.15) is 24.8 Å². The van der Waals surface area contributed by atoms with Gasteiger partial charge in [-0.3, -0.25) is 4.98 Å². The van der Waals surface area contributed by atoms with Crippen molar-refractivity contribution < 1.29 is 4.74 Å². The number of nitrogens with zero attached hydrogens (tertiary/aromatic N) is 4. The summed E-state index contributed by atoms with van der Waals surface area (Å²) >= 11 is 1.64. The topological polar surface area (TPSA) is 51.1 Å². The van der Waals surface area contributed by atoms with Crippen LogP contribution in [0.3, 0.4) is 0 Å². The first-order valence-electron chi connectivity index (χ1n) is 9.44. The van der Waals surface area contributed by atoms with E-state index in [2.05, 4.69) is 32.2 Å². The third kappa shape index (κ3) is 4.45. The standard InChI is InChI=1S/C21H24N4OS/c1-26-18-9-7-16(8-10-18)5-6-17-11-14-25(15-12-17)21-24-23-20(27-21)19-4-2-3-13-22-19/h2-4,7-10,13,17H,5-6,11-12,14-15H2,1H3. The van der Waals surface area contributed by atoms with Gasteiger partial charge < -0.3 is 9.64 Å². The molecule has 6 heteroatoms. The highest BCUT2D eigenvalue weighted by molar-refractivity contribution is 7.18. The van der Waals surface area contributed by atoms with Gasteiger partial charge in [0.2, 0.25) is 5.13 Å². The van der Waals surface area contributed by atoms with Crippen LogP contribution in [-0.2, 0) is 6.42 Å². The zero-order chi connectivity index (χ0) is 18.5. The Morgan fingerprint density at radius 2 is 1.89 bits per heavy atom. The van der Waals surface area contributed by atoms with E-state index in [1.165, 1.54) is 24.8 Å². The number of hydrogen-bond acceptors (Lipinski definition) is 6. The van der Waals surface area contributed by atoms with E-state index >= 15 is 0 Å². The van der Waals surface area contributed by atoms with Crippen LogP contribution in [0, 0.1) is 5.92 Å². The molecule has 1 aromatic carbocycles. The molecule has 4 rings (SSSR count). The molecule has 0 spiro atoms. The van der Waals surface area contributed by atoms with Gasteiger partial charge in [-0.05, 0) is 61.4 Å². The number of benzene rings is 1. The van der Waals surface area contributed by atoms with E-state index in [4.69, 9.17) is 4.74 Å². The van der Waals surface area contributed by atoms with Gasteiger partial charge in [0.25, 0.3) is 0 Å². The summed E-state index contributed by atoms with van der Waals surface area (Å²) in [6, 6.07) is 14.3. The smallest absolute Gasteiger partial charge is 0.208 e. The number of anilines is 1. The summed E-state index contributed by atoms with van der Waals surface area (Å²) < 4.78 is 5.23. The third-order valence-electron chi connectivity index (χ3n) is 5.18. The quantitative estimate of drug-likeness (QED) is 0.632. The number of piperidine rings is 1. The van der Waals surface area contributed by atoms with E-state index in [9.17, 15) is 0 Å². The van der Waals surface area contributed by atoms with E-state index in [-0.39, 0.29) is 0 Å². The van der Waals surface area contributed by atoms with E-state index in [1.807, 2.05) is 30.3 Å². The summed E-state index contributed by atoms with van der Waals surface area (Å²) in [4.78, 5) is 6.73. The van der Waals surface area contributed by atoms with E-state index < -0.39 is 0 Å². The van der Waals surface area contributed by atoms with E-state index in [0.717, 1.165) is 47.0 Å². The minimum Gasteiger partial charge on any atom is -0.497 e. The van der Waals surface area contributed by atoms with Gasteiger partial charge in [-0.1, -0.05) is 29.5 Å². The summed E-state index contributed by atoms with van der Waals surface area (Å²) in [5.74, 6) is 1.71. The summed E-state index contributed by atoms with van der Waals surface area (Å²) in [6.45, 7) is 2.12. The van der Waals surface area contributed by atoms with Gasteiger partial charge in [-0.2, -0.15) is 0 Å². The maximum Gasteiger partial charge on any atom is 0.208 e. The van der Waals surface area contributed by atoms with Crippen molar-refractivity contribution in [3.8, 4) is 16.5 Å². The zero-order valence-electron chi connectivity index (χ0n) is 15.5. The summed E-state index contributed by atoms with van der Waals surface area (Å²) in [7, 11) is 1.71. The van der Waals surface area contributed by atoms with Crippen LogP contribution in [0.15, 0.2) is 48.7 Å². The van der Waals surface area contributed by atoms with Gasteiger partial charge in [-0.15, -0.1) is 10.2 Å². The second-order valence-corrected chi connectivity index (χ2v) is 7.88. The molecule has 5 nitrogen and oxygen atoms in total. The number of rotatable bonds is 6. The number of pyridine rings is 1. The molecule has 1 aliphatic heterocycles. The molecular weight excluding hydrogens is 356 g/mol. The number of aryl methyl sites for hydroxylation is 1. The van der Waals surface area contributed by atoms with Crippen LogP contribution in [0.5, 0.6) is 5.75 Å². The van der Waals surface area contributed by atoms with Gasteiger partial charge in [0.05, 0.1) is 7.11 Å². The Hall–Kier alpha value is -2.47. The van der Waals surface area contributed by atoms with Crippen molar-refractivity contribution in [2.45, 2.75) is 25.7 Å². The molecule has 0 bridgehead atoms. The molecule has 2 aromatic heterocycles. The molecule has 27 heavy (non-hydrogen) atoms. The zero-order valence-corrected chi connectivity index (χ0v) is 16.4. The minimum absolute atomic E-state index is 0.784. The SMILES string of the molecule is COc1ccc(CCC2CCN(c3nnc(-c4ccccn4)s3)CC2)cc1. The lowest BCUT2D eigenvalue weighted by atomic mass is 9.91. The van der Waals surface area contributed by atoms with Crippen molar-refractivity contribution in [3.63, 3.8) is 0 Å². The predicted molar refractivity (Wildman–Crippen MR) is 109 cm³/mol. The Morgan fingerprint density at radius 1 is 1.07 bits per heavy atom. The Morgan fingerprint density at radius 3 is 2.59 bits per heavy atom.